The second kappa shape index (κ2) is 9.32. The second-order valence-corrected chi connectivity index (χ2v) is 10.0. The second-order valence-electron chi connectivity index (χ2n) is 5.77. The van der Waals surface area contributed by atoms with Crippen LogP contribution in [0.5, 0.6) is 0 Å². The van der Waals surface area contributed by atoms with Crippen molar-refractivity contribution in [1.29, 1.82) is 0 Å². The van der Waals surface area contributed by atoms with Gasteiger partial charge in [0.25, 0.3) is 0 Å². The molecule has 2 rings (SSSR count). The van der Waals surface area contributed by atoms with E-state index in [0.29, 0.717) is 10.6 Å². The van der Waals surface area contributed by atoms with Crippen molar-refractivity contribution in [2.75, 3.05) is 13.2 Å². The molecule has 1 atom stereocenters. The fraction of sp³-hybridized carbons (Fsp3) is 0.333. The van der Waals surface area contributed by atoms with E-state index in [4.69, 9.17) is 20.6 Å². The molecule has 2 aromatic rings. The Kier molecular flexibility index (Phi) is 7.63. The highest BCUT2D eigenvalue weighted by molar-refractivity contribution is 7.89. The van der Waals surface area contributed by atoms with Gasteiger partial charge < -0.3 is 9.05 Å². The summed E-state index contributed by atoms with van der Waals surface area (Å²) in [7, 11) is -7.83. The molecular formula is C18H23ClNO5PS. The molecule has 0 bridgehead atoms. The summed E-state index contributed by atoms with van der Waals surface area (Å²) in [5.74, 6) is -1.23. The largest absolute Gasteiger partial charge is 0.352 e. The Morgan fingerprint density at radius 3 is 2.19 bits per heavy atom. The van der Waals surface area contributed by atoms with Crippen LogP contribution in [0.1, 0.15) is 30.8 Å². The molecule has 0 aliphatic rings. The van der Waals surface area contributed by atoms with Gasteiger partial charge in [0.1, 0.15) is 5.78 Å². The summed E-state index contributed by atoms with van der Waals surface area (Å²) in [6.07, 6.45) is 0. The van der Waals surface area contributed by atoms with Crippen LogP contribution in [-0.4, -0.2) is 21.6 Å². The maximum Gasteiger partial charge on any atom is 0.352 e. The summed E-state index contributed by atoms with van der Waals surface area (Å²) >= 11 is 6.05. The number of benzene rings is 2. The Labute approximate surface area is 165 Å². The average Bonchev–Trinajstić information content (AvgIpc) is 2.60. The van der Waals surface area contributed by atoms with Gasteiger partial charge in [0.2, 0.25) is 10.0 Å². The predicted molar refractivity (Wildman–Crippen MR) is 107 cm³/mol. The number of aryl methyl sites for hydroxylation is 1. The minimum absolute atomic E-state index is 0.0553. The smallest absolute Gasteiger partial charge is 0.308 e. The fourth-order valence-corrected chi connectivity index (χ4v) is 6.28. The third-order valence-electron chi connectivity index (χ3n) is 3.70. The maximum absolute atomic E-state index is 13.4. The molecule has 1 N–H and O–H groups in total. The number of rotatable bonds is 9. The Morgan fingerprint density at radius 1 is 1.07 bits per heavy atom. The molecule has 0 radical (unpaired) electrons. The molecule has 9 heteroatoms. The van der Waals surface area contributed by atoms with E-state index in [0.717, 1.165) is 5.56 Å². The van der Waals surface area contributed by atoms with Crippen molar-refractivity contribution in [2.45, 2.75) is 31.4 Å². The van der Waals surface area contributed by atoms with Crippen LogP contribution >= 0.6 is 19.2 Å². The van der Waals surface area contributed by atoms with Crippen LogP contribution in [0.2, 0.25) is 5.02 Å². The molecule has 0 fully saturated rings. The Morgan fingerprint density at radius 2 is 1.67 bits per heavy atom. The molecule has 1 unspecified atom stereocenters. The Bertz CT molecular complexity index is 908. The highest BCUT2D eigenvalue weighted by Crippen LogP contribution is 2.60. The zero-order valence-corrected chi connectivity index (χ0v) is 17.9. The lowest BCUT2D eigenvalue weighted by Gasteiger charge is -2.27. The summed E-state index contributed by atoms with van der Waals surface area (Å²) in [5, 5.41) is 0.381. The number of sulfonamides is 1. The molecule has 148 valence electrons. The molecule has 27 heavy (non-hydrogen) atoms. The van der Waals surface area contributed by atoms with Gasteiger partial charge in [-0.15, -0.1) is 0 Å². The quantitative estimate of drug-likeness (QED) is 0.571. The third-order valence-corrected chi connectivity index (χ3v) is 7.84. The highest BCUT2D eigenvalue weighted by Gasteiger charge is 2.40. The van der Waals surface area contributed by atoms with Gasteiger partial charge in [-0.2, -0.15) is 4.72 Å². The monoisotopic (exact) mass is 431 g/mol. The molecular weight excluding hydrogens is 409 g/mol. The van der Waals surface area contributed by atoms with Crippen molar-refractivity contribution >= 4 is 29.2 Å². The minimum atomic E-state index is -3.98. The molecule has 2 aromatic carbocycles. The topological polar surface area (TPSA) is 81.7 Å². The van der Waals surface area contributed by atoms with Gasteiger partial charge in [0, 0.05) is 5.02 Å². The Balaban J connectivity index is 2.52. The van der Waals surface area contributed by atoms with Crippen LogP contribution in [0, 0.1) is 6.92 Å². The van der Waals surface area contributed by atoms with E-state index in [9.17, 15) is 13.0 Å². The normalized spacial score (nSPS) is 13.5. The number of hydrogen-bond acceptors (Lipinski definition) is 5. The lowest BCUT2D eigenvalue weighted by Crippen LogP contribution is -2.30. The van der Waals surface area contributed by atoms with Gasteiger partial charge in [-0.25, -0.2) is 8.42 Å². The lowest BCUT2D eigenvalue weighted by atomic mass is 10.2. The van der Waals surface area contributed by atoms with Crippen molar-refractivity contribution < 1.29 is 22.0 Å². The molecule has 0 amide bonds. The SMILES string of the molecule is CCOP(=O)(OCC)C(NS(=O)(=O)c1ccc(C)cc1)c1cccc(Cl)c1. The summed E-state index contributed by atoms with van der Waals surface area (Å²) < 4.78 is 52.4. The molecule has 0 spiro atoms. The standard InChI is InChI=1S/C18H23ClNO5PS/c1-4-24-26(21,25-5-2)18(15-7-6-8-16(19)13-15)20-27(22,23)17-11-9-14(3)10-12-17/h6-13,18,20H,4-5H2,1-3H3. The van der Waals surface area contributed by atoms with E-state index in [2.05, 4.69) is 4.72 Å². The van der Waals surface area contributed by atoms with Crippen LogP contribution in [0.3, 0.4) is 0 Å². The van der Waals surface area contributed by atoms with E-state index < -0.39 is 23.4 Å². The first kappa shape index (κ1) is 22.1. The lowest BCUT2D eigenvalue weighted by molar-refractivity contribution is 0.210. The van der Waals surface area contributed by atoms with Crippen LogP contribution in [-0.2, 0) is 23.6 Å². The van der Waals surface area contributed by atoms with E-state index in [1.54, 1.807) is 44.2 Å². The first-order chi connectivity index (χ1) is 12.7. The molecule has 0 saturated heterocycles. The highest BCUT2D eigenvalue weighted by atomic mass is 35.5. The summed E-state index contributed by atoms with van der Waals surface area (Å²) in [4.78, 5) is 0.0553. The van der Waals surface area contributed by atoms with Crippen molar-refractivity contribution in [3.8, 4) is 0 Å². The first-order valence-corrected chi connectivity index (χ1v) is 11.9. The van der Waals surface area contributed by atoms with Crippen molar-refractivity contribution in [3.05, 3.63) is 64.7 Å². The van der Waals surface area contributed by atoms with Gasteiger partial charge in [0.15, 0.2) is 0 Å². The summed E-state index contributed by atoms with van der Waals surface area (Å²) in [5.41, 5.74) is 1.32. The van der Waals surface area contributed by atoms with Crippen LogP contribution in [0.4, 0.5) is 0 Å². The zero-order valence-electron chi connectivity index (χ0n) is 15.4. The van der Waals surface area contributed by atoms with Gasteiger partial charge in [-0.1, -0.05) is 41.4 Å². The molecule has 0 aromatic heterocycles. The summed E-state index contributed by atoms with van der Waals surface area (Å²) in [6, 6.07) is 12.8. The fourth-order valence-electron chi connectivity index (χ4n) is 2.47. The predicted octanol–water partition coefficient (Wildman–Crippen LogP) is 4.89. The average molecular weight is 432 g/mol. The minimum Gasteiger partial charge on any atom is -0.308 e. The third kappa shape index (κ3) is 5.64. The zero-order chi connectivity index (χ0) is 20.1. The van der Waals surface area contributed by atoms with E-state index in [1.807, 2.05) is 6.92 Å². The Hall–Kier alpha value is -1.21. The van der Waals surface area contributed by atoms with E-state index in [1.165, 1.54) is 18.2 Å². The van der Waals surface area contributed by atoms with Gasteiger partial charge >= 0.3 is 7.60 Å². The first-order valence-electron chi connectivity index (χ1n) is 8.45. The molecule has 0 heterocycles. The van der Waals surface area contributed by atoms with E-state index >= 15 is 0 Å². The molecule has 0 aliphatic carbocycles. The van der Waals surface area contributed by atoms with Crippen LogP contribution in [0.15, 0.2) is 53.4 Å². The number of nitrogens with one attached hydrogen (secondary N) is 1. The molecule has 0 saturated carbocycles. The number of hydrogen-bond donors (Lipinski definition) is 1. The van der Waals surface area contributed by atoms with Crippen LogP contribution < -0.4 is 4.72 Å². The van der Waals surface area contributed by atoms with Crippen molar-refractivity contribution in [2.24, 2.45) is 0 Å². The van der Waals surface area contributed by atoms with Crippen molar-refractivity contribution in [1.82, 2.24) is 4.72 Å². The summed E-state index contributed by atoms with van der Waals surface area (Å²) in [6.45, 7) is 5.38. The number of halogens is 1. The molecule has 0 aliphatic heterocycles. The molecule has 6 nitrogen and oxygen atoms in total. The van der Waals surface area contributed by atoms with Crippen LogP contribution in [0.25, 0.3) is 0 Å². The van der Waals surface area contributed by atoms with Gasteiger partial charge in [-0.05, 0) is 50.6 Å². The van der Waals surface area contributed by atoms with Gasteiger partial charge in [-0.3, -0.25) is 4.57 Å². The maximum atomic E-state index is 13.4. The van der Waals surface area contributed by atoms with E-state index in [-0.39, 0.29) is 18.1 Å². The van der Waals surface area contributed by atoms with Crippen molar-refractivity contribution in [3.63, 3.8) is 0 Å². The van der Waals surface area contributed by atoms with Gasteiger partial charge in [0.05, 0.1) is 18.1 Å².